The molecule has 8 heavy (non-hydrogen) atoms. The molecule has 3 heteroatoms. The van der Waals surface area contributed by atoms with E-state index in [1.807, 2.05) is 0 Å². The molecule has 0 aliphatic rings. The van der Waals surface area contributed by atoms with Gasteiger partial charge >= 0.3 is 5.97 Å². The molecule has 0 aromatic rings. The maximum atomic E-state index is 9.62. The minimum atomic E-state index is -1.19. The van der Waals surface area contributed by atoms with Crippen LogP contribution in [0.4, 0.5) is 0 Å². The van der Waals surface area contributed by atoms with E-state index < -0.39 is 5.97 Å². The lowest BCUT2D eigenvalue weighted by molar-refractivity contribution is -0.137. The Balaban J connectivity index is 3.20. The predicted molar refractivity (Wildman–Crippen MR) is 26.7 cm³/mol. The second kappa shape index (κ2) is 4.33. The smallest absolute Gasteiger partial charge is 0.378 e. The first-order valence-corrected chi connectivity index (χ1v) is 2.14. The van der Waals surface area contributed by atoms with Crippen molar-refractivity contribution >= 4 is 5.97 Å². The summed E-state index contributed by atoms with van der Waals surface area (Å²) in [5, 5.41) is 9.62. The van der Waals surface area contributed by atoms with Gasteiger partial charge in [0.15, 0.2) is 0 Å². The third-order valence-corrected chi connectivity index (χ3v) is 0.517. The molecule has 0 aliphatic heterocycles. The molecule has 0 aliphatic carbocycles. The van der Waals surface area contributed by atoms with Crippen molar-refractivity contribution in [1.82, 2.24) is 0 Å². The van der Waals surface area contributed by atoms with Gasteiger partial charge in [-0.3, -0.25) is 0 Å². The number of carbonyl (C=O) groups excluding carboxylic acids is 1. The molecule has 0 aromatic heterocycles. The first kappa shape index (κ1) is 7.17. The quantitative estimate of drug-likeness (QED) is 0.491. The normalized spacial score (nSPS) is 10.1. The first-order chi connectivity index (χ1) is 3.77. The lowest BCUT2D eigenvalue weighted by Crippen LogP contribution is -1.86. The maximum Gasteiger partial charge on any atom is 0.378 e. The Morgan fingerprint density at radius 2 is 2.38 bits per heavy atom. The van der Waals surface area contributed by atoms with Crippen LogP contribution >= 0.6 is 0 Å². The molecule has 0 N–H and O–H groups in total. The number of ether oxygens (including phenoxy) is 1. The summed E-state index contributed by atoms with van der Waals surface area (Å²) in [7, 11) is 1.49. The molecule has 0 bridgehead atoms. The molecule has 45 valence electrons. The van der Waals surface area contributed by atoms with Crippen LogP contribution in [-0.2, 0) is 14.6 Å². The highest BCUT2D eigenvalue weighted by Crippen LogP contribution is 1.73. The number of methoxy groups -OCH3 is 1. The van der Waals surface area contributed by atoms with Crippen LogP contribution in [0, 0.1) is 0 Å². The van der Waals surface area contributed by atoms with Crippen LogP contribution in [0.2, 0.25) is 0 Å². The summed E-state index contributed by atoms with van der Waals surface area (Å²) < 4.78 is 4.51. The van der Waals surface area contributed by atoms with E-state index in [1.54, 1.807) is 0 Å². The zero-order chi connectivity index (χ0) is 6.41. The van der Waals surface area contributed by atoms with E-state index in [9.17, 15) is 9.90 Å². The molecule has 0 spiro atoms. The molecule has 0 rings (SSSR count). The van der Waals surface area contributed by atoms with E-state index in [0.717, 1.165) is 6.08 Å². The van der Waals surface area contributed by atoms with Crippen LogP contribution in [0.1, 0.15) is 0 Å². The van der Waals surface area contributed by atoms with Gasteiger partial charge < -0.3 is 4.74 Å². The lowest BCUT2D eigenvalue weighted by atomic mass is 10.5. The Hall–Kier alpha value is -0.830. The monoisotopic (exact) mass is 115 g/mol. The van der Waals surface area contributed by atoms with Crippen molar-refractivity contribution in [2.24, 2.45) is 0 Å². The Labute approximate surface area is 47.6 Å². The minimum Gasteiger partial charge on any atom is -0.381 e. The fraction of sp³-hybridized carbons (Fsp3) is 0.400. The van der Waals surface area contributed by atoms with Crippen molar-refractivity contribution in [3.63, 3.8) is 0 Å². The van der Waals surface area contributed by atoms with Gasteiger partial charge in [0, 0.05) is 13.2 Å². The van der Waals surface area contributed by atoms with E-state index >= 15 is 0 Å². The average molecular weight is 115 g/mol. The first-order valence-electron chi connectivity index (χ1n) is 2.14. The van der Waals surface area contributed by atoms with E-state index in [2.05, 4.69) is 4.74 Å². The Morgan fingerprint density at radius 1 is 1.75 bits per heavy atom. The highest BCUT2D eigenvalue weighted by Gasteiger charge is 1.85. The molecule has 0 saturated heterocycles. The average Bonchev–Trinajstić information content (AvgIpc) is 1.66. The largest absolute Gasteiger partial charge is 0.381 e. The standard InChI is InChI=1S/C5H7O3/c1-8-4-2-3-5(6)7/h2-3H,4H2,1H3. The van der Waals surface area contributed by atoms with Crippen LogP contribution in [0.15, 0.2) is 12.2 Å². The summed E-state index contributed by atoms with van der Waals surface area (Å²) in [4.78, 5) is 9.62. The molecular formula is C5H7O3. The molecule has 0 amide bonds. The van der Waals surface area contributed by atoms with E-state index in [4.69, 9.17) is 0 Å². The highest BCUT2D eigenvalue weighted by molar-refractivity contribution is 5.79. The molecule has 0 saturated carbocycles. The Bertz CT molecular complexity index is 95.8. The van der Waals surface area contributed by atoms with Gasteiger partial charge in [-0.05, 0) is 0 Å². The molecular weight excluding hydrogens is 108 g/mol. The van der Waals surface area contributed by atoms with Crippen molar-refractivity contribution in [3.05, 3.63) is 12.2 Å². The van der Waals surface area contributed by atoms with Crippen LogP contribution in [-0.4, -0.2) is 19.7 Å². The lowest BCUT2D eigenvalue weighted by Gasteiger charge is -1.82. The van der Waals surface area contributed by atoms with Gasteiger partial charge in [-0.25, -0.2) is 9.90 Å². The van der Waals surface area contributed by atoms with Crippen LogP contribution < -0.4 is 0 Å². The Morgan fingerprint density at radius 3 is 2.75 bits per heavy atom. The third-order valence-electron chi connectivity index (χ3n) is 0.517. The van der Waals surface area contributed by atoms with Gasteiger partial charge in [0.25, 0.3) is 0 Å². The number of carbonyl (C=O) groups is 1. The van der Waals surface area contributed by atoms with Crippen molar-refractivity contribution in [2.45, 2.75) is 0 Å². The summed E-state index contributed by atoms with van der Waals surface area (Å²) in [6, 6.07) is 0. The molecule has 1 radical (unpaired) electrons. The fourth-order valence-corrected chi connectivity index (χ4v) is 0.241. The van der Waals surface area contributed by atoms with Gasteiger partial charge in [-0.1, -0.05) is 6.08 Å². The minimum absolute atomic E-state index is 0.313. The molecule has 0 fully saturated rings. The van der Waals surface area contributed by atoms with Gasteiger partial charge in [0.1, 0.15) is 0 Å². The van der Waals surface area contributed by atoms with Crippen molar-refractivity contribution in [1.29, 1.82) is 0 Å². The topological polar surface area (TPSA) is 46.2 Å². The van der Waals surface area contributed by atoms with E-state index in [1.165, 1.54) is 13.2 Å². The summed E-state index contributed by atoms with van der Waals surface area (Å²) in [5.74, 6) is -1.19. The van der Waals surface area contributed by atoms with Crippen LogP contribution in [0.3, 0.4) is 0 Å². The number of rotatable bonds is 3. The van der Waals surface area contributed by atoms with E-state index in [0.29, 0.717) is 6.61 Å². The Kier molecular flexibility index (Phi) is 3.88. The fourth-order valence-electron chi connectivity index (χ4n) is 0.241. The van der Waals surface area contributed by atoms with Crippen LogP contribution in [0.25, 0.3) is 0 Å². The van der Waals surface area contributed by atoms with Crippen molar-refractivity contribution < 1.29 is 14.6 Å². The second-order valence-corrected chi connectivity index (χ2v) is 1.18. The zero-order valence-corrected chi connectivity index (χ0v) is 4.59. The molecule has 0 unspecified atom stereocenters. The SMILES string of the molecule is COCC=CC([O])=O. The van der Waals surface area contributed by atoms with Crippen LogP contribution in [0.5, 0.6) is 0 Å². The van der Waals surface area contributed by atoms with Gasteiger partial charge in [-0.15, -0.1) is 0 Å². The van der Waals surface area contributed by atoms with Gasteiger partial charge in [0.2, 0.25) is 0 Å². The summed E-state index contributed by atoms with van der Waals surface area (Å²) >= 11 is 0. The van der Waals surface area contributed by atoms with Gasteiger partial charge in [0.05, 0.1) is 6.61 Å². The van der Waals surface area contributed by atoms with Crippen molar-refractivity contribution in [3.8, 4) is 0 Å². The summed E-state index contributed by atoms with van der Waals surface area (Å²) in [6.45, 7) is 0.313. The zero-order valence-electron chi connectivity index (χ0n) is 4.59. The second-order valence-electron chi connectivity index (χ2n) is 1.18. The summed E-state index contributed by atoms with van der Waals surface area (Å²) in [6.07, 6.45) is 2.30. The summed E-state index contributed by atoms with van der Waals surface area (Å²) in [5.41, 5.74) is 0. The maximum absolute atomic E-state index is 9.62. The number of hydrogen-bond acceptors (Lipinski definition) is 2. The third kappa shape index (κ3) is 5.17. The number of hydrogen-bond donors (Lipinski definition) is 0. The molecule has 0 atom stereocenters. The van der Waals surface area contributed by atoms with Crippen molar-refractivity contribution in [2.75, 3.05) is 13.7 Å². The molecule has 0 heterocycles. The predicted octanol–water partition coefficient (Wildman–Crippen LogP) is 0.146. The van der Waals surface area contributed by atoms with Gasteiger partial charge in [-0.2, -0.15) is 0 Å². The van der Waals surface area contributed by atoms with E-state index in [-0.39, 0.29) is 0 Å². The molecule has 3 nitrogen and oxygen atoms in total. The molecule has 0 aromatic carbocycles. The highest BCUT2D eigenvalue weighted by atomic mass is 16.5.